The maximum atomic E-state index is 6.02. The fourth-order valence-electron chi connectivity index (χ4n) is 3.08. The highest BCUT2D eigenvalue weighted by Crippen LogP contribution is 2.27. The lowest BCUT2D eigenvalue weighted by Crippen LogP contribution is -2.33. The molecule has 6 heteroatoms. The summed E-state index contributed by atoms with van der Waals surface area (Å²) in [6, 6.07) is 23.9. The molecule has 0 spiro atoms. The van der Waals surface area contributed by atoms with Gasteiger partial charge in [0.05, 0.1) is 20.8 Å². The molecule has 3 aromatic carbocycles. The Morgan fingerprint density at radius 1 is 0.839 bits per heavy atom. The molecule has 0 saturated heterocycles. The van der Waals surface area contributed by atoms with Gasteiger partial charge in [0.15, 0.2) is 17.5 Å². The van der Waals surface area contributed by atoms with Gasteiger partial charge in [0, 0.05) is 6.54 Å². The van der Waals surface area contributed by atoms with Gasteiger partial charge in [-0.15, -0.1) is 0 Å². The normalized spacial score (nSPS) is 11.1. The van der Waals surface area contributed by atoms with Crippen molar-refractivity contribution in [3.63, 3.8) is 0 Å². The molecule has 0 aliphatic heterocycles. The maximum absolute atomic E-state index is 6.02. The second-order valence-electron chi connectivity index (χ2n) is 6.99. The SMILES string of the molecule is COc1ccc(CCNC(N)=NCc2cccc(OCc3ccccc3)c2)cc1OC. The van der Waals surface area contributed by atoms with E-state index in [1.807, 2.05) is 72.8 Å². The first-order valence-corrected chi connectivity index (χ1v) is 10.2. The van der Waals surface area contributed by atoms with Gasteiger partial charge in [-0.1, -0.05) is 48.5 Å². The van der Waals surface area contributed by atoms with E-state index in [9.17, 15) is 0 Å². The average molecular weight is 420 g/mol. The van der Waals surface area contributed by atoms with Gasteiger partial charge in [-0.3, -0.25) is 0 Å². The van der Waals surface area contributed by atoms with E-state index in [0.29, 0.717) is 25.7 Å². The first-order chi connectivity index (χ1) is 15.2. The maximum Gasteiger partial charge on any atom is 0.188 e. The van der Waals surface area contributed by atoms with Crippen LogP contribution < -0.4 is 25.3 Å². The molecule has 0 aliphatic carbocycles. The Labute approximate surface area is 183 Å². The summed E-state index contributed by atoms with van der Waals surface area (Å²) in [5.74, 6) is 2.67. The summed E-state index contributed by atoms with van der Waals surface area (Å²) < 4.78 is 16.5. The van der Waals surface area contributed by atoms with Crippen molar-refractivity contribution < 1.29 is 14.2 Å². The molecule has 3 N–H and O–H groups in total. The minimum absolute atomic E-state index is 0.413. The number of benzene rings is 3. The van der Waals surface area contributed by atoms with Crippen molar-refractivity contribution in [1.29, 1.82) is 0 Å². The molecule has 0 saturated carbocycles. The van der Waals surface area contributed by atoms with Crippen LogP contribution in [0.25, 0.3) is 0 Å². The van der Waals surface area contributed by atoms with Gasteiger partial charge >= 0.3 is 0 Å². The van der Waals surface area contributed by atoms with E-state index in [4.69, 9.17) is 19.9 Å². The fraction of sp³-hybridized carbons (Fsp3) is 0.240. The molecular weight excluding hydrogens is 390 g/mol. The Kier molecular flexibility index (Phi) is 8.17. The average Bonchev–Trinajstić information content (AvgIpc) is 2.82. The molecule has 0 atom stereocenters. The van der Waals surface area contributed by atoms with Crippen molar-refractivity contribution in [3.05, 3.63) is 89.5 Å². The summed E-state index contributed by atoms with van der Waals surface area (Å²) in [7, 11) is 3.26. The van der Waals surface area contributed by atoms with Crippen molar-refractivity contribution in [2.45, 2.75) is 19.6 Å². The number of methoxy groups -OCH3 is 2. The number of guanidine groups is 1. The second kappa shape index (κ2) is 11.5. The molecule has 0 bridgehead atoms. The summed E-state index contributed by atoms with van der Waals surface area (Å²) in [6.45, 7) is 1.69. The largest absolute Gasteiger partial charge is 0.493 e. The van der Waals surface area contributed by atoms with Crippen LogP contribution in [0, 0.1) is 0 Å². The lowest BCUT2D eigenvalue weighted by Gasteiger charge is -2.10. The van der Waals surface area contributed by atoms with E-state index in [0.717, 1.165) is 40.4 Å². The van der Waals surface area contributed by atoms with Crippen LogP contribution in [0.15, 0.2) is 77.8 Å². The topological polar surface area (TPSA) is 78.1 Å². The molecule has 31 heavy (non-hydrogen) atoms. The van der Waals surface area contributed by atoms with Crippen molar-refractivity contribution in [2.24, 2.45) is 10.7 Å². The minimum Gasteiger partial charge on any atom is -0.493 e. The van der Waals surface area contributed by atoms with Gasteiger partial charge in [-0.2, -0.15) is 0 Å². The lowest BCUT2D eigenvalue weighted by atomic mass is 10.1. The van der Waals surface area contributed by atoms with E-state index in [1.54, 1.807) is 14.2 Å². The third kappa shape index (κ3) is 6.96. The quantitative estimate of drug-likeness (QED) is 0.385. The monoisotopic (exact) mass is 419 g/mol. The number of nitrogens with zero attached hydrogens (tertiary/aromatic N) is 1. The van der Waals surface area contributed by atoms with Crippen LogP contribution in [0.3, 0.4) is 0 Å². The molecule has 0 unspecified atom stereocenters. The highest BCUT2D eigenvalue weighted by molar-refractivity contribution is 5.77. The zero-order valence-corrected chi connectivity index (χ0v) is 18.0. The number of nitrogens with two attached hydrogens (primary N) is 1. The Balaban J connectivity index is 1.47. The van der Waals surface area contributed by atoms with Gasteiger partial charge in [0.1, 0.15) is 12.4 Å². The smallest absolute Gasteiger partial charge is 0.188 e. The molecule has 3 rings (SSSR count). The Hall–Kier alpha value is -3.67. The Morgan fingerprint density at radius 2 is 1.61 bits per heavy atom. The lowest BCUT2D eigenvalue weighted by molar-refractivity contribution is 0.306. The van der Waals surface area contributed by atoms with Gasteiger partial charge in [0.25, 0.3) is 0 Å². The van der Waals surface area contributed by atoms with Gasteiger partial charge in [0.2, 0.25) is 0 Å². The molecular formula is C25H29N3O3. The van der Waals surface area contributed by atoms with Gasteiger partial charge in [-0.25, -0.2) is 4.99 Å². The molecule has 3 aromatic rings. The summed E-state index contributed by atoms with van der Waals surface area (Å²) in [5.41, 5.74) is 9.32. The summed E-state index contributed by atoms with van der Waals surface area (Å²) in [4.78, 5) is 4.43. The summed E-state index contributed by atoms with van der Waals surface area (Å²) in [6.07, 6.45) is 0.791. The van der Waals surface area contributed by atoms with E-state index < -0.39 is 0 Å². The first kappa shape index (κ1) is 22.0. The Bertz CT molecular complexity index is 990. The zero-order chi connectivity index (χ0) is 21.9. The molecule has 162 valence electrons. The first-order valence-electron chi connectivity index (χ1n) is 10.2. The van der Waals surface area contributed by atoms with Crippen LogP contribution >= 0.6 is 0 Å². The standard InChI is InChI=1S/C25H29N3O3/c1-29-23-12-11-19(16-24(23)30-2)13-14-27-25(26)28-17-21-9-6-10-22(15-21)31-18-20-7-4-3-5-8-20/h3-12,15-16H,13-14,17-18H2,1-2H3,(H3,26,27,28). The predicted octanol–water partition coefficient (Wildman–Crippen LogP) is 3.93. The fourth-order valence-corrected chi connectivity index (χ4v) is 3.08. The van der Waals surface area contributed by atoms with Gasteiger partial charge in [-0.05, 0) is 47.4 Å². The third-order valence-electron chi connectivity index (χ3n) is 4.75. The van der Waals surface area contributed by atoms with Gasteiger partial charge < -0.3 is 25.3 Å². The van der Waals surface area contributed by atoms with Crippen LogP contribution in [-0.4, -0.2) is 26.7 Å². The predicted molar refractivity (Wildman–Crippen MR) is 124 cm³/mol. The molecule has 0 aromatic heterocycles. The summed E-state index contributed by atoms with van der Waals surface area (Å²) >= 11 is 0. The minimum atomic E-state index is 0.413. The summed E-state index contributed by atoms with van der Waals surface area (Å²) in [5, 5.41) is 3.15. The number of ether oxygens (including phenoxy) is 3. The number of rotatable bonds is 10. The van der Waals surface area contributed by atoms with Crippen molar-refractivity contribution in [1.82, 2.24) is 5.32 Å². The second-order valence-corrected chi connectivity index (χ2v) is 6.99. The van der Waals surface area contributed by atoms with Crippen LogP contribution in [0.2, 0.25) is 0 Å². The molecule has 6 nitrogen and oxygen atoms in total. The molecule has 0 radical (unpaired) electrons. The molecule has 0 aliphatic rings. The van der Waals surface area contributed by atoms with Crippen molar-refractivity contribution in [3.8, 4) is 17.2 Å². The van der Waals surface area contributed by atoms with E-state index >= 15 is 0 Å². The van der Waals surface area contributed by atoms with Crippen molar-refractivity contribution in [2.75, 3.05) is 20.8 Å². The highest BCUT2D eigenvalue weighted by atomic mass is 16.5. The number of nitrogens with one attached hydrogen (secondary N) is 1. The van der Waals surface area contributed by atoms with E-state index in [1.165, 1.54) is 0 Å². The van der Waals surface area contributed by atoms with Crippen LogP contribution in [-0.2, 0) is 19.6 Å². The highest BCUT2D eigenvalue weighted by Gasteiger charge is 2.04. The number of hydrogen-bond acceptors (Lipinski definition) is 4. The number of hydrogen-bond donors (Lipinski definition) is 2. The van der Waals surface area contributed by atoms with E-state index in [-0.39, 0.29) is 0 Å². The molecule has 0 fully saturated rings. The van der Waals surface area contributed by atoms with E-state index in [2.05, 4.69) is 10.3 Å². The molecule has 0 amide bonds. The van der Waals surface area contributed by atoms with Crippen LogP contribution in [0.4, 0.5) is 0 Å². The van der Waals surface area contributed by atoms with Crippen molar-refractivity contribution >= 4 is 5.96 Å². The van der Waals surface area contributed by atoms with Crippen LogP contribution in [0.1, 0.15) is 16.7 Å². The Morgan fingerprint density at radius 3 is 2.39 bits per heavy atom. The van der Waals surface area contributed by atoms with Crippen LogP contribution in [0.5, 0.6) is 17.2 Å². The zero-order valence-electron chi connectivity index (χ0n) is 18.0. The molecule has 0 heterocycles. The third-order valence-corrected chi connectivity index (χ3v) is 4.75. The number of aliphatic imine (C=N–C) groups is 1.